The van der Waals surface area contributed by atoms with E-state index >= 15 is 0 Å². The lowest BCUT2D eigenvalue weighted by Crippen LogP contribution is -2.70. The highest BCUT2D eigenvalue weighted by Crippen LogP contribution is 2.38. The Kier molecular flexibility index (Phi) is 30.6. The van der Waals surface area contributed by atoms with Crippen LogP contribution in [0.1, 0.15) is 20.8 Å². The molecule has 44 nitrogen and oxygen atoms in total. The van der Waals surface area contributed by atoms with Crippen LogP contribution in [0.3, 0.4) is 0 Å². The normalized spacial score (nSPS) is 46.1. The van der Waals surface area contributed by atoms with E-state index in [4.69, 9.17) is 66.3 Å². The zero-order valence-electron chi connectivity index (χ0n) is 52.6. The Morgan fingerprint density at radius 3 is 1.04 bits per heavy atom. The summed E-state index contributed by atoms with van der Waals surface area (Å²) in [7, 11) is 0. The van der Waals surface area contributed by atoms with E-state index in [0.717, 1.165) is 20.8 Å². The Morgan fingerprint density at radius 1 is 0.327 bits per heavy atom. The fourth-order valence-corrected chi connectivity index (χ4v) is 12.2. The lowest BCUT2D eigenvalue weighted by molar-refractivity contribution is -0.381. The molecule has 0 aromatic carbocycles. The van der Waals surface area contributed by atoms with Gasteiger partial charge in [0.05, 0.1) is 59.5 Å². The highest BCUT2D eigenvalue weighted by Gasteiger charge is 2.59. The van der Waals surface area contributed by atoms with Crippen molar-refractivity contribution >= 4 is 17.7 Å². The SMILES string of the molecule is CC(=O)N[C@H]1[C@H](OC[C@H]2O[C@@H](O[C@@H]([C@H](O)[C@@H](O)CO)[C@H](O)CO)[C@H](O)[C@@H](O[C@@H]3O[C@H](CO)[C@@H](O)[C@H](O[C@@H]4O[C@H](CO)[C@H](O)[C@H](O)[C@H]4O)[C@H]3NC(C)=O)[C@H]2O)O[C@H](CO)[C@@H](O[C@@H]2O[C@H](CO)[C@H](O)[C@H](O[C@@H]3O[C@H](CO)[C@@H](O)[C@H](O[C@@H]4O[C@H](CO)[C@H](O)[C@H](O)[C@H]4O)[C@H]3NC(C)=O)[C@H]2O)[C@@H]1O. The maximum absolute atomic E-state index is 12.9. The first-order valence-corrected chi connectivity index (χ1v) is 31.0. The topological polar surface area (TPSA) is 702 Å². The molecule has 0 radical (unpaired) electrons. The minimum absolute atomic E-state index is 0.883. The molecule has 0 aromatic heterocycles. The first-order valence-electron chi connectivity index (χ1n) is 31.0. The van der Waals surface area contributed by atoms with Crippen LogP contribution in [-0.4, -0.2) is 439 Å². The van der Waals surface area contributed by atoms with E-state index in [0.29, 0.717) is 0 Å². The summed E-state index contributed by atoms with van der Waals surface area (Å²) in [5.74, 6) is -2.75. The number of hydrogen-bond acceptors (Lipinski definition) is 41. The van der Waals surface area contributed by atoms with Gasteiger partial charge in [0, 0.05) is 20.8 Å². The van der Waals surface area contributed by atoms with Crippen molar-refractivity contribution in [3.05, 3.63) is 0 Å². The Labute approximate surface area is 555 Å². The molecule has 7 aliphatic rings. The Morgan fingerprint density at radius 2 is 0.643 bits per heavy atom. The summed E-state index contributed by atoms with van der Waals surface area (Å²) in [6, 6.07) is -5.56. The van der Waals surface area contributed by atoms with Gasteiger partial charge in [-0.3, -0.25) is 14.4 Å². The molecule has 570 valence electrons. The van der Waals surface area contributed by atoms with Gasteiger partial charge in [-0.15, -0.1) is 0 Å². The average Bonchev–Trinajstić information content (AvgIpc) is 0.777. The van der Waals surface area contributed by atoms with Gasteiger partial charge >= 0.3 is 0 Å². The third kappa shape index (κ3) is 18.5. The molecule has 3 amide bonds. The summed E-state index contributed by atoms with van der Waals surface area (Å²) in [5, 5.41) is 267. The van der Waals surface area contributed by atoms with Crippen molar-refractivity contribution in [2.75, 3.05) is 59.5 Å². The predicted octanol–water partition coefficient (Wildman–Crippen LogP) is -18.4. The van der Waals surface area contributed by atoms with E-state index < -0.39 is 316 Å². The second-order valence-electron chi connectivity index (χ2n) is 24.4. The third-order valence-electron chi connectivity index (χ3n) is 17.5. The van der Waals surface area contributed by atoms with Gasteiger partial charge in [-0.2, -0.15) is 0 Å². The van der Waals surface area contributed by atoms with Gasteiger partial charge in [-0.25, -0.2) is 0 Å². The van der Waals surface area contributed by atoms with Crippen LogP contribution >= 0.6 is 0 Å². The first kappa shape index (κ1) is 82.2. The van der Waals surface area contributed by atoms with Crippen LogP contribution in [0.5, 0.6) is 0 Å². The summed E-state index contributed by atoms with van der Waals surface area (Å²) in [5.41, 5.74) is 0. The minimum Gasteiger partial charge on any atom is -0.394 e. The zero-order valence-corrected chi connectivity index (χ0v) is 52.6. The maximum atomic E-state index is 12.9. The molecular weight excluding hydrogens is 1350 g/mol. The summed E-state index contributed by atoms with van der Waals surface area (Å²) in [6.45, 7) is -6.90. The van der Waals surface area contributed by atoms with E-state index in [2.05, 4.69) is 16.0 Å². The van der Waals surface area contributed by atoms with Crippen LogP contribution in [-0.2, 0) is 80.7 Å². The van der Waals surface area contributed by atoms with E-state index in [1.807, 2.05) is 0 Å². The molecule has 0 saturated carbocycles. The molecule has 98 heavy (non-hydrogen) atoms. The zero-order chi connectivity index (χ0) is 72.6. The second kappa shape index (κ2) is 36.5. The number of nitrogens with one attached hydrogen (secondary N) is 3. The van der Waals surface area contributed by atoms with E-state index in [1.165, 1.54) is 0 Å². The molecule has 0 aromatic rings. The molecule has 7 aliphatic heterocycles. The summed E-state index contributed by atoms with van der Waals surface area (Å²) >= 11 is 0. The quantitative estimate of drug-likeness (QED) is 0.0331. The number of amides is 3. The average molecular weight is 1440 g/mol. The van der Waals surface area contributed by atoms with Crippen molar-refractivity contribution in [3.63, 3.8) is 0 Å². The van der Waals surface area contributed by atoms with Gasteiger partial charge < -0.3 is 205 Å². The van der Waals surface area contributed by atoms with E-state index in [1.54, 1.807) is 0 Å². The Bertz CT molecular complexity index is 2460. The molecule has 0 unspecified atom stereocenters. The number of aliphatic hydroxyl groups is 24. The van der Waals surface area contributed by atoms with Crippen molar-refractivity contribution in [2.24, 2.45) is 0 Å². The van der Waals surface area contributed by atoms with E-state index in [9.17, 15) is 137 Å². The molecule has 7 saturated heterocycles. The molecule has 39 atom stereocenters. The molecule has 0 aliphatic carbocycles. The van der Waals surface area contributed by atoms with Gasteiger partial charge in [0.15, 0.2) is 44.0 Å². The van der Waals surface area contributed by atoms with Crippen molar-refractivity contribution in [1.29, 1.82) is 0 Å². The fourth-order valence-electron chi connectivity index (χ4n) is 12.2. The molecule has 27 N–H and O–H groups in total. The number of aliphatic hydroxyl groups excluding tert-OH is 24. The van der Waals surface area contributed by atoms with Crippen molar-refractivity contribution in [2.45, 2.75) is 260 Å². The lowest BCUT2D eigenvalue weighted by atomic mass is 9.94. The smallest absolute Gasteiger partial charge is 0.217 e. The van der Waals surface area contributed by atoms with Crippen LogP contribution in [0.15, 0.2) is 0 Å². The number of carbonyl (C=O) groups excluding carboxylic acids is 3. The number of rotatable bonds is 29. The lowest BCUT2D eigenvalue weighted by Gasteiger charge is -2.50. The summed E-state index contributed by atoms with van der Waals surface area (Å²) < 4.78 is 81.6. The van der Waals surface area contributed by atoms with Gasteiger partial charge in [-0.05, 0) is 0 Å². The fraction of sp³-hybridized carbons (Fsp3) is 0.944. The van der Waals surface area contributed by atoms with Gasteiger partial charge in [0.25, 0.3) is 0 Å². The molecule has 44 heteroatoms. The number of hydrogen-bond donors (Lipinski definition) is 27. The number of ether oxygens (including phenoxy) is 14. The summed E-state index contributed by atoms with van der Waals surface area (Å²) in [4.78, 5) is 38.5. The van der Waals surface area contributed by atoms with Gasteiger partial charge in [-0.1, -0.05) is 0 Å². The van der Waals surface area contributed by atoms with Crippen LogP contribution in [0.2, 0.25) is 0 Å². The van der Waals surface area contributed by atoms with E-state index in [-0.39, 0.29) is 0 Å². The Hall–Kier alpha value is -3.11. The highest BCUT2D eigenvalue weighted by molar-refractivity contribution is 5.74. The molecular formula is C54H93N3O41. The highest BCUT2D eigenvalue weighted by atomic mass is 16.8. The largest absolute Gasteiger partial charge is 0.394 e. The third-order valence-corrected chi connectivity index (χ3v) is 17.5. The molecule has 7 rings (SSSR count). The number of carbonyl (C=O) groups is 3. The van der Waals surface area contributed by atoms with Crippen LogP contribution < -0.4 is 16.0 Å². The Balaban J connectivity index is 1.16. The van der Waals surface area contributed by atoms with Crippen molar-refractivity contribution in [3.8, 4) is 0 Å². The maximum Gasteiger partial charge on any atom is 0.217 e. The van der Waals surface area contributed by atoms with Crippen LogP contribution in [0.4, 0.5) is 0 Å². The monoisotopic (exact) mass is 1440 g/mol. The molecule has 0 spiro atoms. The summed E-state index contributed by atoms with van der Waals surface area (Å²) in [6.07, 6.45) is -73.6. The second-order valence-corrected chi connectivity index (χ2v) is 24.4. The van der Waals surface area contributed by atoms with Crippen LogP contribution in [0, 0.1) is 0 Å². The van der Waals surface area contributed by atoms with Crippen molar-refractivity contribution in [1.82, 2.24) is 16.0 Å². The van der Waals surface area contributed by atoms with Crippen molar-refractivity contribution < 1.29 is 203 Å². The van der Waals surface area contributed by atoms with Gasteiger partial charge in [0.1, 0.15) is 195 Å². The standard InChI is InChI=1S/C54H93N3O41/c1-13(66)55-25-35(78)43(94-53-40(83)46(33(76)22(10-64)90-53)97-49-26(56-14(2)67)44(31(74)20(8-62)86-49)95-51-38(81)36(79)29(72)18(6-60)88-51)23(11-65)91-48(25)85-12-24-34(77)47(41(84)54(92-24)93-42(17(70)5-59)28(71)16(69)4-58)98-50-27(57-15(3)68)45(32(75)21(9-63)87-50)96-52-39(82)37(80)30(73)19(7-61)89-52/h16-54,58-65,69-84H,4-12H2,1-3H3,(H,55,66)(H,56,67)(H,57,68)/t16-,17+,18+,19+,20+,21+,22+,23+,24+,25+,26+,27+,28+,29-,30-,31+,32+,33-,34-,35+,36-,37-,38+,39+,40+,41+,42+,43+,44+,45+,46-,47-,48+,49-,50-,51-,52-,53-,54-/m0/s1. The first-order chi connectivity index (χ1) is 46.3. The predicted molar refractivity (Wildman–Crippen MR) is 301 cm³/mol. The van der Waals surface area contributed by atoms with Crippen LogP contribution in [0.25, 0.3) is 0 Å². The molecule has 0 bridgehead atoms. The molecule has 7 fully saturated rings. The van der Waals surface area contributed by atoms with Gasteiger partial charge in [0.2, 0.25) is 17.7 Å². The minimum atomic E-state index is -2.43. The molecule has 7 heterocycles.